The van der Waals surface area contributed by atoms with Crippen molar-refractivity contribution in [1.82, 2.24) is 25.3 Å². The van der Waals surface area contributed by atoms with Gasteiger partial charge in [0.25, 0.3) is 0 Å². The van der Waals surface area contributed by atoms with Gasteiger partial charge < -0.3 is 10.3 Å². The Bertz CT molecular complexity index is 409. The van der Waals surface area contributed by atoms with Gasteiger partial charge in [-0.15, -0.1) is 0 Å². The predicted molar refractivity (Wildman–Crippen MR) is 57.0 cm³/mol. The molecule has 0 aliphatic carbocycles. The van der Waals surface area contributed by atoms with E-state index >= 15 is 0 Å². The van der Waals surface area contributed by atoms with Crippen molar-refractivity contribution in [1.29, 1.82) is 0 Å². The fourth-order valence-electron chi connectivity index (χ4n) is 1.24. The summed E-state index contributed by atoms with van der Waals surface area (Å²) < 4.78 is 0. The molecule has 78 valence electrons. The molecular formula is C10H13N5. The van der Waals surface area contributed by atoms with Crippen LogP contribution in [0.5, 0.6) is 0 Å². The van der Waals surface area contributed by atoms with Crippen LogP contribution in [0.15, 0.2) is 24.7 Å². The van der Waals surface area contributed by atoms with Crippen LogP contribution in [0.3, 0.4) is 0 Å². The number of hydrogen-bond acceptors (Lipinski definition) is 4. The van der Waals surface area contributed by atoms with Gasteiger partial charge in [-0.25, -0.2) is 15.0 Å². The minimum absolute atomic E-state index is 0.625. The molecule has 0 spiro atoms. The first-order chi connectivity index (χ1) is 7.40. The summed E-state index contributed by atoms with van der Waals surface area (Å²) in [7, 11) is 0. The molecule has 0 unspecified atom stereocenters. The number of aromatic nitrogens is 4. The summed E-state index contributed by atoms with van der Waals surface area (Å²) in [5.41, 5.74) is 1.04. The van der Waals surface area contributed by atoms with Crippen molar-refractivity contribution in [3.63, 3.8) is 0 Å². The molecule has 15 heavy (non-hydrogen) atoms. The molecule has 0 atom stereocenters. The molecule has 5 nitrogen and oxygen atoms in total. The first-order valence-electron chi connectivity index (χ1n) is 4.92. The van der Waals surface area contributed by atoms with E-state index in [1.54, 1.807) is 24.7 Å². The fraction of sp³-hybridized carbons (Fsp3) is 0.300. The maximum absolute atomic E-state index is 4.22. The summed E-state index contributed by atoms with van der Waals surface area (Å²) in [6.45, 7) is 3.80. The van der Waals surface area contributed by atoms with E-state index in [-0.39, 0.29) is 0 Å². The molecule has 0 saturated heterocycles. The molecule has 2 heterocycles. The number of rotatable bonds is 4. The van der Waals surface area contributed by atoms with E-state index in [1.165, 1.54) is 0 Å². The number of nitrogens with one attached hydrogen (secondary N) is 2. The van der Waals surface area contributed by atoms with Gasteiger partial charge in [0.2, 0.25) is 0 Å². The Morgan fingerprint density at radius 1 is 1.27 bits per heavy atom. The molecule has 5 heteroatoms. The van der Waals surface area contributed by atoms with Crippen LogP contribution >= 0.6 is 0 Å². The Labute approximate surface area is 88.0 Å². The molecule has 0 amide bonds. The molecule has 2 aromatic heterocycles. The van der Waals surface area contributed by atoms with E-state index in [0.717, 1.165) is 18.8 Å². The van der Waals surface area contributed by atoms with Crippen molar-refractivity contribution in [2.24, 2.45) is 0 Å². The molecule has 0 aliphatic rings. The molecule has 0 radical (unpaired) electrons. The summed E-state index contributed by atoms with van der Waals surface area (Å²) in [6.07, 6.45) is 5.21. The second-order valence-electron chi connectivity index (χ2n) is 3.11. The average molecular weight is 203 g/mol. The lowest BCUT2D eigenvalue weighted by atomic mass is 10.4. The van der Waals surface area contributed by atoms with Gasteiger partial charge in [-0.05, 0) is 12.6 Å². The van der Waals surface area contributed by atoms with Crippen LogP contribution in [0.2, 0.25) is 0 Å². The van der Waals surface area contributed by atoms with Crippen molar-refractivity contribution in [2.75, 3.05) is 6.54 Å². The average Bonchev–Trinajstić information content (AvgIpc) is 2.76. The highest BCUT2D eigenvalue weighted by Crippen LogP contribution is 2.08. The quantitative estimate of drug-likeness (QED) is 0.777. The summed E-state index contributed by atoms with van der Waals surface area (Å²) >= 11 is 0. The van der Waals surface area contributed by atoms with Crippen LogP contribution < -0.4 is 5.32 Å². The molecule has 0 bridgehead atoms. The minimum atomic E-state index is 0.625. The molecule has 2 rings (SSSR count). The maximum atomic E-state index is 4.22. The topological polar surface area (TPSA) is 66.5 Å². The van der Waals surface area contributed by atoms with E-state index < -0.39 is 0 Å². The fourth-order valence-corrected chi connectivity index (χ4v) is 1.24. The number of nitrogens with zero attached hydrogens (tertiary/aromatic N) is 3. The lowest BCUT2D eigenvalue weighted by molar-refractivity contribution is 0.714. The van der Waals surface area contributed by atoms with E-state index in [4.69, 9.17) is 0 Å². The van der Waals surface area contributed by atoms with Crippen molar-refractivity contribution < 1.29 is 0 Å². The van der Waals surface area contributed by atoms with Crippen molar-refractivity contribution in [3.05, 3.63) is 30.4 Å². The second-order valence-corrected chi connectivity index (χ2v) is 3.11. The van der Waals surface area contributed by atoms with Gasteiger partial charge in [0.15, 0.2) is 11.6 Å². The Kier molecular flexibility index (Phi) is 3.04. The predicted octanol–water partition coefficient (Wildman–Crippen LogP) is 0.976. The summed E-state index contributed by atoms with van der Waals surface area (Å²) in [6, 6.07) is 1.78. The minimum Gasteiger partial charge on any atom is -0.338 e. The van der Waals surface area contributed by atoms with Crippen molar-refractivity contribution in [3.8, 4) is 11.6 Å². The van der Waals surface area contributed by atoms with E-state index in [1.807, 2.05) is 0 Å². The third kappa shape index (κ3) is 2.38. The smallest absolute Gasteiger partial charge is 0.195 e. The second kappa shape index (κ2) is 4.65. The van der Waals surface area contributed by atoms with Gasteiger partial charge in [0.1, 0.15) is 0 Å². The first-order valence-corrected chi connectivity index (χ1v) is 4.92. The van der Waals surface area contributed by atoms with Crippen LogP contribution in [-0.4, -0.2) is 26.5 Å². The number of aromatic amines is 1. The van der Waals surface area contributed by atoms with Crippen LogP contribution in [0.25, 0.3) is 11.6 Å². The Morgan fingerprint density at radius 2 is 2.07 bits per heavy atom. The summed E-state index contributed by atoms with van der Waals surface area (Å²) in [5.74, 6) is 1.34. The van der Waals surface area contributed by atoms with Crippen molar-refractivity contribution in [2.45, 2.75) is 13.5 Å². The Balaban J connectivity index is 2.14. The van der Waals surface area contributed by atoms with Gasteiger partial charge >= 0.3 is 0 Å². The van der Waals surface area contributed by atoms with E-state index in [2.05, 4.69) is 32.2 Å². The van der Waals surface area contributed by atoms with Crippen molar-refractivity contribution >= 4 is 0 Å². The molecular weight excluding hydrogens is 190 g/mol. The molecule has 0 saturated carbocycles. The van der Waals surface area contributed by atoms with Gasteiger partial charge in [-0.2, -0.15) is 0 Å². The van der Waals surface area contributed by atoms with E-state index in [9.17, 15) is 0 Å². The molecule has 2 aromatic rings. The zero-order valence-corrected chi connectivity index (χ0v) is 8.57. The van der Waals surface area contributed by atoms with Crippen LogP contribution in [-0.2, 0) is 6.54 Å². The Hall–Kier alpha value is -1.75. The first kappa shape index (κ1) is 9.79. The zero-order chi connectivity index (χ0) is 10.5. The third-order valence-electron chi connectivity index (χ3n) is 1.97. The third-order valence-corrected chi connectivity index (χ3v) is 1.97. The van der Waals surface area contributed by atoms with Crippen LogP contribution in [0.1, 0.15) is 12.6 Å². The van der Waals surface area contributed by atoms with Gasteiger partial charge in [0.05, 0.1) is 6.20 Å². The number of imidazole rings is 1. The molecule has 0 aromatic carbocycles. The lowest BCUT2D eigenvalue weighted by Gasteiger charge is -1.96. The van der Waals surface area contributed by atoms with Gasteiger partial charge in [-0.1, -0.05) is 6.92 Å². The van der Waals surface area contributed by atoms with Crippen LogP contribution in [0, 0.1) is 0 Å². The maximum Gasteiger partial charge on any atom is 0.195 e. The standard InChI is InChI=1S/C10H13N5/c1-2-11-6-8-7-14-10(15-8)9-12-4-3-5-13-9/h3-5,7,11H,2,6H2,1H3,(H,14,15). The Morgan fingerprint density at radius 3 is 2.80 bits per heavy atom. The highest BCUT2D eigenvalue weighted by Gasteiger charge is 2.04. The molecule has 2 N–H and O–H groups in total. The molecule has 0 fully saturated rings. The van der Waals surface area contributed by atoms with Crippen LogP contribution in [0.4, 0.5) is 0 Å². The molecule has 0 aliphatic heterocycles. The largest absolute Gasteiger partial charge is 0.338 e. The van der Waals surface area contributed by atoms with Gasteiger partial charge in [-0.3, -0.25) is 0 Å². The monoisotopic (exact) mass is 203 g/mol. The highest BCUT2D eigenvalue weighted by atomic mass is 15.0. The van der Waals surface area contributed by atoms with E-state index in [0.29, 0.717) is 11.6 Å². The lowest BCUT2D eigenvalue weighted by Crippen LogP contribution is -2.11. The normalized spacial score (nSPS) is 10.5. The van der Waals surface area contributed by atoms with Gasteiger partial charge in [0, 0.05) is 24.6 Å². The number of hydrogen-bond donors (Lipinski definition) is 2. The zero-order valence-electron chi connectivity index (χ0n) is 8.57. The summed E-state index contributed by atoms with van der Waals surface area (Å²) in [4.78, 5) is 15.6. The summed E-state index contributed by atoms with van der Waals surface area (Å²) in [5, 5.41) is 3.22. The number of H-pyrrole nitrogens is 1. The SMILES string of the molecule is CCNCc1cnc(-c2ncccn2)[nH]1. The highest BCUT2D eigenvalue weighted by molar-refractivity contribution is 5.42.